The van der Waals surface area contributed by atoms with Crippen LogP contribution >= 0.6 is 0 Å². The van der Waals surface area contributed by atoms with Crippen LogP contribution in [0.5, 0.6) is 0 Å². The van der Waals surface area contributed by atoms with E-state index >= 15 is 0 Å². The van der Waals surface area contributed by atoms with Crippen LogP contribution in [0.1, 0.15) is 13.8 Å². The molecule has 0 aromatic carbocycles. The van der Waals surface area contributed by atoms with Crippen molar-refractivity contribution in [3.05, 3.63) is 6.92 Å². The van der Waals surface area contributed by atoms with E-state index in [1.165, 1.54) is 0 Å². The molecule has 1 aliphatic heterocycles. The number of nitrogens with zero attached hydrogens (tertiary/aromatic N) is 1. The van der Waals surface area contributed by atoms with E-state index in [0.717, 1.165) is 26.2 Å². The molecule has 1 fully saturated rings. The Hall–Kier alpha value is -0.0800. The molecule has 0 aromatic heterocycles. The van der Waals surface area contributed by atoms with Gasteiger partial charge < -0.3 is 5.32 Å². The quantitative estimate of drug-likeness (QED) is 0.572. The number of rotatable bonds is 1. The molecule has 0 aromatic rings. The molecule has 0 aliphatic carbocycles. The lowest BCUT2D eigenvalue weighted by Crippen LogP contribution is -2.52. The third-order valence-electron chi connectivity index (χ3n) is 1.97. The molecule has 0 bridgehead atoms. The second-order valence-electron chi connectivity index (χ2n) is 3.55. The molecule has 0 saturated carbocycles. The molecule has 1 rings (SSSR count). The Morgan fingerprint density at radius 1 is 1.30 bits per heavy atom. The fourth-order valence-corrected chi connectivity index (χ4v) is 1.27. The Morgan fingerprint density at radius 2 is 1.80 bits per heavy atom. The Bertz CT molecular complexity index is 98.3. The largest absolute Gasteiger partial charge is 0.314 e. The molecule has 1 N–H and O–H groups in total. The molecule has 59 valence electrons. The van der Waals surface area contributed by atoms with E-state index in [1.807, 2.05) is 0 Å². The van der Waals surface area contributed by atoms with Crippen LogP contribution < -0.4 is 5.32 Å². The van der Waals surface area contributed by atoms with Crippen molar-refractivity contribution < 1.29 is 0 Å². The zero-order valence-corrected chi connectivity index (χ0v) is 6.98. The maximum atomic E-state index is 4.09. The molecule has 1 heterocycles. The van der Waals surface area contributed by atoms with E-state index in [4.69, 9.17) is 0 Å². The van der Waals surface area contributed by atoms with Crippen molar-refractivity contribution in [3.8, 4) is 0 Å². The maximum Gasteiger partial charge on any atom is 0.0155 e. The van der Waals surface area contributed by atoms with Crippen molar-refractivity contribution in [2.45, 2.75) is 19.4 Å². The molecule has 2 nitrogen and oxygen atoms in total. The molecule has 1 radical (unpaired) electrons. The van der Waals surface area contributed by atoms with Crippen molar-refractivity contribution in [2.75, 3.05) is 26.2 Å². The minimum Gasteiger partial charge on any atom is -0.314 e. The fourth-order valence-electron chi connectivity index (χ4n) is 1.27. The highest BCUT2D eigenvalue weighted by Crippen LogP contribution is 2.11. The van der Waals surface area contributed by atoms with Crippen molar-refractivity contribution >= 4 is 0 Å². The van der Waals surface area contributed by atoms with E-state index < -0.39 is 0 Å². The van der Waals surface area contributed by atoms with Gasteiger partial charge in [-0.05, 0) is 20.8 Å². The van der Waals surface area contributed by atoms with Gasteiger partial charge in [-0.2, -0.15) is 0 Å². The summed E-state index contributed by atoms with van der Waals surface area (Å²) in [6.45, 7) is 12.9. The van der Waals surface area contributed by atoms with Crippen molar-refractivity contribution in [1.82, 2.24) is 10.2 Å². The Balaban J connectivity index is 2.39. The van der Waals surface area contributed by atoms with Gasteiger partial charge >= 0.3 is 0 Å². The third kappa shape index (κ3) is 1.96. The average molecular weight is 141 g/mol. The lowest BCUT2D eigenvalue weighted by atomic mass is 10.1. The molecular weight excluding hydrogens is 124 g/mol. The van der Waals surface area contributed by atoms with Crippen molar-refractivity contribution in [3.63, 3.8) is 0 Å². The van der Waals surface area contributed by atoms with Gasteiger partial charge in [-0.15, -0.1) is 0 Å². The van der Waals surface area contributed by atoms with E-state index in [9.17, 15) is 0 Å². The van der Waals surface area contributed by atoms with Crippen LogP contribution in [0.4, 0.5) is 0 Å². The molecule has 1 saturated heterocycles. The predicted molar refractivity (Wildman–Crippen MR) is 43.9 cm³/mol. The average Bonchev–Trinajstić information content (AvgIpc) is 1.88. The molecule has 2 heteroatoms. The highest BCUT2D eigenvalue weighted by Gasteiger charge is 2.21. The van der Waals surface area contributed by atoms with Crippen molar-refractivity contribution in [2.24, 2.45) is 0 Å². The first-order valence-electron chi connectivity index (χ1n) is 3.92. The summed E-state index contributed by atoms with van der Waals surface area (Å²) in [4.78, 5) is 2.41. The molecule has 1 aliphatic rings. The topological polar surface area (TPSA) is 15.3 Å². The number of piperazine rings is 1. The zero-order chi connectivity index (χ0) is 7.61. The van der Waals surface area contributed by atoms with Crippen LogP contribution in [0.25, 0.3) is 0 Å². The van der Waals surface area contributed by atoms with Gasteiger partial charge in [-0.3, -0.25) is 4.90 Å². The highest BCUT2D eigenvalue weighted by molar-refractivity contribution is 4.86. The second-order valence-corrected chi connectivity index (χ2v) is 3.55. The van der Waals surface area contributed by atoms with Gasteiger partial charge in [-0.25, -0.2) is 0 Å². The fraction of sp³-hybridized carbons (Fsp3) is 0.875. The summed E-state index contributed by atoms with van der Waals surface area (Å²) < 4.78 is 0. The summed E-state index contributed by atoms with van der Waals surface area (Å²) in [6.07, 6.45) is 0. The van der Waals surface area contributed by atoms with Gasteiger partial charge in [0.15, 0.2) is 0 Å². The van der Waals surface area contributed by atoms with E-state index in [0.29, 0.717) is 0 Å². The van der Waals surface area contributed by atoms with Gasteiger partial charge in [0.1, 0.15) is 0 Å². The van der Waals surface area contributed by atoms with Gasteiger partial charge in [-0.1, -0.05) is 0 Å². The van der Waals surface area contributed by atoms with Gasteiger partial charge in [0.2, 0.25) is 0 Å². The van der Waals surface area contributed by atoms with E-state index in [1.54, 1.807) is 0 Å². The summed E-state index contributed by atoms with van der Waals surface area (Å²) in [5.74, 6) is 0. The molecule has 10 heavy (non-hydrogen) atoms. The first-order chi connectivity index (χ1) is 4.61. The lowest BCUT2D eigenvalue weighted by Gasteiger charge is -2.38. The first kappa shape index (κ1) is 8.02. The molecule has 0 atom stereocenters. The molecule has 0 unspecified atom stereocenters. The van der Waals surface area contributed by atoms with Crippen LogP contribution in [0.15, 0.2) is 0 Å². The molecule has 0 amide bonds. The van der Waals surface area contributed by atoms with Gasteiger partial charge in [0.25, 0.3) is 0 Å². The number of hydrogen-bond donors (Lipinski definition) is 1. The zero-order valence-electron chi connectivity index (χ0n) is 6.98. The van der Waals surface area contributed by atoms with Crippen LogP contribution in [-0.4, -0.2) is 36.6 Å². The Kier molecular flexibility index (Phi) is 2.32. The number of nitrogens with one attached hydrogen (secondary N) is 1. The highest BCUT2D eigenvalue weighted by atomic mass is 15.2. The Labute approximate surface area is 63.6 Å². The van der Waals surface area contributed by atoms with Gasteiger partial charge in [0, 0.05) is 31.7 Å². The van der Waals surface area contributed by atoms with Crippen LogP contribution in [0.2, 0.25) is 0 Å². The normalized spacial score (nSPS) is 23.1. The lowest BCUT2D eigenvalue weighted by molar-refractivity contribution is 0.140. The Morgan fingerprint density at radius 3 is 2.10 bits per heavy atom. The summed E-state index contributed by atoms with van der Waals surface area (Å²) in [5.41, 5.74) is 0.113. The van der Waals surface area contributed by atoms with E-state index in [2.05, 4.69) is 31.0 Å². The monoisotopic (exact) mass is 141 g/mol. The second kappa shape index (κ2) is 2.89. The van der Waals surface area contributed by atoms with Crippen molar-refractivity contribution in [1.29, 1.82) is 0 Å². The minimum absolute atomic E-state index is 0.113. The standard InChI is InChI=1S/C8H17N2/c1-8(2,3)10-6-4-9-5-7-10/h9H,1,4-7H2,2-3H3. The summed E-state index contributed by atoms with van der Waals surface area (Å²) >= 11 is 0. The predicted octanol–water partition coefficient (Wildman–Crippen LogP) is 0.504. The van der Waals surface area contributed by atoms with Crippen LogP contribution in [0, 0.1) is 6.92 Å². The maximum absolute atomic E-state index is 4.09. The third-order valence-corrected chi connectivity index (χ3v) is 1.97. The van der Waals surface area contributed by atoms with E-state index in [-0.39, 0.29) is 5.54 Å². The molecule has 0 spiro atoms. The SMILES string of the molecule is [CH2]C(C)(C)N1CCNCC1. The molecular formula is C8H17N2. The first-order valence-corrected chi connectivity index (χ1v) is 3.92. The smallest absolute Gasteiger partial charge is 0.0155 e. The van der Waals surface area contributed by atoms with Crippen LogP contribution in [-0.2, 0) is 0 Å². The van der Waals surface area contributed by atoms with Crippen LogP contribution in [0.3, 0.4) is 0 Å². The summed E-state index contributed by atoms with van der Waals surface area (Å²) in [6, 6.07) is 0. The summed E-state index contributed by atoms with van der Waals surface area (Å²) in [5, 5.41) is 3.32. The summed E-state index contributed by atoms with van der Waals surface area (Å²) in [7, 11) is 0. The minimum atomic E-state index is 0.113. The van der Waals surface area contributed by atoms with Gasteiger partial charge in [0.05, 0.1) is 0 Å². The number of hydrogen-bond acceptors (Lipinski definition) is 2.